The first kappa shape index (κ1) is 12.9. The fourth-order valence-electron chi connectivity index (χ4n) is 4.99. The lowest BCUT2D eigenvalue weighted by Crippen LogP contribution is -2.64. The molecule has 3 aliphatic carbocycles. The minimum absolute atomic E-state index is 0.0437. The van der Waals surface area contributed by atoms with Crippen LogP contribution >= 0.6 is 0 Å². The summed E-state index contributed by atoms with van der Waals surface area (Å²) in [6, 6.07) is 0. The summed E-state index contributed by atoms with van der Waals surface area (Å²) in [5.74, 6) is 0.620. The zero-order chi connectivity index (χ0) is 12.8. The number of hydrogen-bond donors (Lipinski definition) is 3. The lowest BCUT2D eigenvalue weighted by atomic mass is 9.32. The van der Waals surface area contributed by atoms with Crippen molar-refractivity contribution in [3.63, 3.8) is 0 Å². The zero-order valence-corrected chi connectivity index (χ0v) is 11.1. The molecule has 0 aromatic carbocycles. The summed E-state index contributed by atoms with van der Waals surface area (Å²) in [6.07, 6.45) is 9.17. The molecule has 0 heterocycles. The molecule has 3 aliphatic rings. The summed E-state index contributed by atoms with van der Waals surface area (Å²) in [5, 5.41) is 28.6. The molecular weight excluding hydrogens is 228 g/mol. The molecule has 0 radical (unpaired) electrons. The van der Waals surface area contributed by atoms with Crippen molar-refractivity contribution in [2.75, 3.05) is 6.61 Å². The van der Waals surface area contributed by atoms with Gasteiger partial charge in [0.15, 0.2) is 0 Å². The second-order valence-corrected chi connectivity index (χ2v) is 6.91. The molecule has 3 N–H and O–H groups in total. The molecule has 3 nitrogen and oxygen atoms in total. The van der Waals surface area contributed by atoms with Crippen molar-refractivity contribution >= 4 is 0 Å². The van der Waals surface area contributed by atoms with Gasteiger partial charge in [0.1, 0.15) is 0 Å². The van der Waals surface area contributed by atoms with E-state index in [9.17, 15) is 10.2 Å². The van der Waals surface area contributed by atoms with Crippen LogP contribution in [0, 0.1) is 16.7 Å². The Hall–Kier alpha value is -0.120. The highest BCUT2D eigenvalue weighted by molar-refractivity contribution is 5.17. The summed E-state index contributed by atoms with van der Waals surface area (Å²) in [7, 11) is 0. The Morgan fingerprint density at radius 3 is 2.17 bits per heavy atom. The summed E-state index contributed by atoms with van der Waals surface area (Å²) < 4.78 is 0. The third kappa shape index (κ3) is 1.60. The number of aliphatic hydroxyl groups is 3. The highest BCUT2D eigenvalue weighted by atomic mass is 16.3. The lowest BCUT2D eigenvalue weighted by Gasteiger charge is -2.73. The fraction of sp³-hybridized carbons (Fsp3) is 1.00. The molecule has 3 heteroatoms. The SMILES string of the molecule is OCCC(O)C(O)CC1CCC12CCC21CCC1. The van der Waals surface area contributed by atoms with E-state index in [0.717, 1.165) is 6.42 Å². The van der Waals surface area contributed by atoms with E-state index >= 15 is 0 Å². The van der Waals surface area contributed by atoms with E-state index in [-0.39, 0.29) is 6.61 Å². The Bertz CT molecular complexity index is 303. The van der Waals surface area contributed by atoms with Crippen molar-refractivity contribution in [2.24, 2.45) is 16.7 Å². The molecule has 2 spiro atoms. The van der Waals surface area contributed by atoms with Crippen LogP contribution in [0.3, 0.4) is 0 Å². The van der Waals surface area contributed by atoms with E-state index in [1.807, 2.05) is 0 Å². The molecule has 104 valence electrons. The molecular formula is C15H26O3. The van der Waals surface area contributed by atoms with Crippen molar-refractivity contribution in [2.45, 2.75) is 70.0 Å². The Morgan fingerprint density at radius 2 is 1.78 bits per heavy atom. The summed E-state index contributed by atoms with van der Waals surface area (Å²) in [4.78, 5) is 0. The van der Waals surface area contributed by atoms with Crippen LogP contribution in [0.2, 0.25) is 0 Å². The predicted molar refractivity (Wildman–Crippen MR) is 69.0 cm³/mol. The summed E-state index contributed by atoms with van der Waals surface area (Å²) in [5.41, 5.74) is 1.17. The Labute approximate surface area is 109 Å². The van der Waals surface area contributed by atoms with Gasteiger partial charge in [-0.05, 0) is 68.1 Å². The van der Waals surface area contributed by atoms with Gasteiger partial charge in [-0.3, -0.25) is 0 Å². The van der Waals surface area contributed by atoms with Crippen molar-refractivity contribution in [3.05, 3.63) is 0 Å². The molecule has 0 aromatic rings. The molecule has 0 amide bonds. The van der Waals surface area contributed by atoms with Crippen LogP contribution in [0.1, 0.15) is 57.8 Å². The number of aliphatic hydroxyl groups excluding tert-OH is 3. The normalized spacial score (nSPS) is 39.8. The van der Waals surface area contributed by atoms with E-state index in [1.165, 1.54) is 44.9 Å². The van der Waals surface area contributed by atoms with E-state index in [2.05, 4.69) is 0 Å². The number of rotatable bonds is 5. The molecule has 3 rings (SSSR count). The Balaban J connectivity index is 1.58. The third-order valence-corrected chi connectivity index (χ3v) is 6.53. The second kappa shape index (κ2) is 4.46. The molecule has 0 aliphatic heterocycles. The summed E-state index contributed by atoms with van der Waals surface area (Å²) in [6.45, 7) is -0.0437. The van der Waals surface area contributed by atoms with E-state index in [4.69, 9.17) is 5.11 Å². The number of fused-ring (bicyclic) bond motifs is 1. The van der Waals surface area contributed by atoms with E-state index in [0.29, 0.717) is 23.2 Å². The minimum atomic E-state index is -0.745. The van der Waals surface area contributed by atoms with Crippen LogP contribution in [-0.2, 0) is 0 Å². The van der Waals surface area contributed by atoms with Crippen molar-refractivity contribution in [3.8, 4) is 0 Å². The largest absolute Gasteiger partial charge is 0.396 e. The van der Waals surface area contributed by atoms with Gasteiger partial charge in [0.05, 0.1) is 12.2 Å². The van der Waals surface area contributed by atoms with Crippen LogP contribution in [0.4, 0.5) is 0 Å². The van der Waals surface area contributed by atoms with Gasteiger partial charge >= 0.3 is 0 Å². The first-order valence-corrected chi connectivity index (χ1v) is 7.61. The van der Waals surface area contributed by atoms with Crippen molar-refractivity contribution in [1.82, 2.24) is 0 Å². The number of hydrogen-bond acceptors (Lipinski definition) is 3. The molecule has 3 saturated carbocycles. The Kier molecular flexibility index (Phi) is 3.20. The maximum atomic E-state index is 10.0. The van der Waals surface area contributed by atoms with Gasteiger partial charge < -0.3 is 15.3 Å². The summed E-state index contributed by atoms with van der Waals surface area (Å²) >= 11 is 0. The third-order valence-electron chi connectivity index (χ3n) is 6.53. The van der Waals surface area contributed by atoms with Gasteiger partial charge in [-0.25, -0.2) is 0 Å². The second-order valence-electron chi connectivity index (χ2n) is 6.91. The smallest absolute Gasteiger partial charge is 0.0821 e. The van der Waals surface area contributed by atoms with Crippen LogP contribution in [0.15, 0.2) is 0 Å². The van der Waals surface area contributed by atoms with Crippen LogP contribution in [-0.4, -0.2) is 34.1 Å². The maximum absolute atomic E-state index is 10.0. The average molecular weight is 254 g/mol. The van der Waals surface area contributed by atoms with Crippen LogP contribution in [0.5, 0.6) is 0 Å². The molecule has 0 bridgehead atoms. The predicted octanol–water partition coefficient (Wildman–Crippen LogP) is 1.84. The molecule has 0 saturated heterocycles. The van der Waals surface area contributed by atoms with Gasteiger partial charge in [-0.2, -0.15) is 0 Å². The lowest BCUT2D eigenvalue weighted by molar-refractivity contribution is -0.233. The topological polar surface area (TPSA) is 60.7 Å². The maximum Gasteiger partial charge on any atom is 0.0821 e. The quantitative estimate of drug-likeness (QED) is 0.701. The van der Waals surface area contributed by atoms with Gasteiger partial charge in [0.25, 0.3) is 0 Å². The van der Waals surface area contributed by atoms with Gasteiger partial charge in [-0.15, -0.1) is 0 Å². The fourth-order valence-corrected chi connectivity index (χ4v) is 4.99. The van der Waals surface area contributed by atoms with E-state index in [1.54, 1.807) is 0 Å². The van der Waals surface area contributed by atoms with Crippen LogP contribution in [0.25, 0.3) is 0 Å². The molecule has 4 unspecified atom stereocenters. The van der Waals surface area contributed by atoms with Gasteiger partial charge in [0.2, 0.25) is 0 Å². The molecule has 0 aromatic heterocycles. The highest BCUT2D eigenvalue weighted by Crippen LogP contribution is 2.76. The van der Waals surface area contributed by atoms with Crippen molar-refractivity contribution in [1.29, 1.82) is 0 Å². The van der Waals surface area contributed by atoms with Crippen LogP contribution < -0.4 is 0 Å². The molecule has 18 heavy (non-hydrogen) atoms. The first-order chi connectivity index (χ1) is 8.63. The van der Waals surface area contributed by atoms with Gasteiger partial charge in [-0.1, -0.05) is 6.42 Å². The zero-order valence-electron chi connectivity index (χ0n) is 11.1. The first-order valence-electron chi connectivity index (χ1n) is 7.61. The molecule has 4 atom stereocenters. The minimum Gasteiger partial charge on any atom is -0.396 e. The van der Waals surface area contributed by atoms with Crippen molar-refractivity contribution < 1.29 is 15.3 Å². The van der Waals surface area contributed by atoms with Gasteiger partial charge in [0, 0.05) is 6.61 Å². The average Bonchev–Trinajstić information content (AvgIpc) is 2.21. The standard InChI is InChI=1S/C15H26O3/c16-9-3-12(17)13(18)10-11-2-6-15(11)8-7-14(15)4-1-5-14/h11-13,16-18H,1-10H2. The highest BCUT2D eigenvalue weighted by Gasteiger charge is 2.67. The molecule has 3 fully saturated rings. The van der Waals surface area contributed by atoms with E-state index < -0.39 is 12.2 Å². The monoisotopic (exact) mass is 254 g/mol. The Morgan fingerprint density at radius 1 is 1.00 bits per heavy atom.